The lowest BCUT2D eigenvalue weighted by atomic mass is 10.3. The zero-order chi connectivity index (χ0) is 16.0. The van der Waals surface area contributed by atoms with E-state index in [1.807, 2.05) is 0 Å². The molecule has 0 radical (unpaired) electrons. The summed E-state index contributed by atoms with van der Waals surface area (Å²) in [6.07, 6.45) is -5.02. The first kappa shape index (κ1) is 14.8. The van der Waals surface area contributed by atoms with Crippen LogP contribution in [0.3, 0.4) is 0 Å². The molecule has 2 N–H and O–H groups in total. The second-order valence-electron chi connectivity index (χ2n) is 4.51. The van der Waals surface area contributed by atoms with Crippen LogP contribution < -0.4 is 20.1 Å². The fourth-order valence-corrected chi connectivity index (χ4v) is 2.77. The number of carbonyl (C=O) groups is 2. The number of hydrogen-bond acceptors (Lipinski definition) is 5. The minimum absolute atomic E-state index is 0.000948. The second-order valence-corrected chi connectivity index (χ2v) is 5.61. The molecular formula is C12H9F3N2O4S. The quantitative estimate of drug-likeness (QED) is 0.843. The van der Waals surface area contributed by atoms with Gasteiger partial charge in [0.1, 0.15) is 0 Å². The topological polar surface area (TPSA) is 76.7 Å². The lowest BCUT2D eigenvalue weighted by Gasteiger charge is -2.30. The Morgan fingerprint density at radius 1 is 1.32 bits per heavy atom. The number of halogens is 3. The summed E-state index contributed by atoms with van der Waals surface area (Å²) < 4.78 is 49.7. The maximum absolute atomic E-state index is 13.3. The normalized spacial score (nSPS) is 22.3. The fourth-order valence-electron chi connectivity index (χ4n) is 1.94. The van der Waals surface area contributed by atoms with Crippen LogP contribution in [0.1, 0.15) is 0 Å². The molecule has 0 aliphatic carbocycles. The van der Waals surface area contributed by atoms with E-state index in [1.54, 1.807) is 5.32 Å². The van der Waals surface area contributed by atoms with Crippen LogP contribution in [0.4, 0.5) is 13.2 Å². The number of fused-ring (bicyclic) bond motifs is 1. The van der Waals surface area contributed by atoms with Gasteiger partial charge in [-0.15, -0.1) is 11.8 Å². The van der Waals surface area contributed by atoms with E-state index in [0.29, 0.717) is 0 Å². The molecule has 2 aliphatic heterocycles. The number of benzene rings is 1. The first-order chi connectivity index (χ1) is 10.3. The van der Waals surface area contributed by atoms with Gasteiger partial charge in [0.15, 0.2) is 16.9 Å². The van der Waals surface area contributed by atoms with Crippen LogP contribution in [-0.2, 0) is 9.59 Å². The van der Waals surface area contributed by atoms with Crippen LogP contribution in [0.2, 0.25) is 0 Å². The molecule has 0 spiro atoms. The molecule has 0 unspecified atom stereocenters. The summed E-state index contributed by atoms with van der Waals surface area (Å²) in [5, 5.41) is 2.83. The summed E-state index contributed by atoms with van der Waals surface area (Å²) in [4.78, 5) is 23.0. The third-order valence-electron chi connectivity index (χ3n) is 2.93. The molecule has 1 aromatic rings. The van der Waals surface area contributed by atoms with Crippen molar-refractivity contribution < 1.29 is 32.2 Å². The van der Waals surface area contributed by atoms with Gasteiger partial charge in [0, 0.05) is 0 Å². The highest BCUT2D eigenvalue weighted by Crippen LogP contribution is 2.45. The molecule has 2 amide bonds. The highest BCUT2D eigenvalue weighted by atomic mass is 32.2. The Balaban J connectivity index is 1.84. The smallest absolute Gasteiger partial charge is 0.424 e. The minimum Gasteiger partial charge on any atom is -0.424 e. The molecular weight excluding hydrogens is 325 g/mol. The molecule has 2 heterocycles. The molecule has 1 fully saturated rings. The van der Waals surface area contributed by atoms with Gasteiger partial charge in [-0.3, -0.25) is 14.9 Å². The molecule has 22 heavy (non-hydrogen) atoms. The zero-order valence-corrected chi connectivity index (χ0v) is 11.6. The summed E-state index contributed by atoms with van der Waals surface area (Å²) in [5.41, 5.74) is 0. The van der Waals surface area contributed by atoms with E-state index in [4.69, 9.17) is 9.47 Å². The Morgan fingerprint density at radius 2 is 1.91 bits per heavy atom. The van der Waals surface area contributed by atoms with E-state index in [9.17, 15) is 22.8 Å². The molecule has 3 rings (SSSR count). The number of carbonyl (C=O) groups excluding carboxylic acids is 2. The van der Waals surface area contributed by atoms with Crippen molar-refractivity contribution in [2.24, 2.45) is 0 Å². The van der Waals surface area contributed by atoms with E-state index >= 15 is 0 Å². The summed E-state index contributed by atoms with van der Waals surface area (Å²) >= 11 is 0.884. The van der Waals surface area contributed by atoms with Gasteiger partial charge >= 0.3 is 12.1 Å². The number of rotatable bonds is 2. The van der Waals surface area contributed by atoms with Crippen LogP contribution in [-0.4, -0.2) is 35.0 Å². The zero-order valence-electron chi connectivity index (χ0n) is 10.8. The van der Waals surface area contributed by atoms with Gasteiger partial charge in [-0.05, 0) is 12.1 Å². The highest BCUT2D eigenvalue weighted by Gasteiger charge is 2.66. The van der Waals surface area contributed by atoms with Crippen molar-refractivity contribution in [2.75, 3.05) is 5.75 Å². The monoisotopic (exact) mass is 334 g/mol. The first-order valence-corrected chi connectivity index (χ1v) is 7.12. The molecule has 0 saturated carbocycles. The van der Waals surface area contributed by atoms with Gasteiger partial charge in [0.25, 0.3) is 5.91 Å². The molecule has 1 aromatic carbocycles. The van der Waals surface area contributed by atoms with Crippen LogP contribution in [0.5, 0.6) is 11.5 Å². The van der Waals surface area contributed by atoms with Gasteiger partial charge in [-0.25, -0.2) is 0 Å². The Hall–Kier alpha value is -2.10. The number of hydrogen-bond donors (Lipinski definition) is 2. The van der Waals surface area contributed by atoms with E-state index in [-0.39, 0.29) is 17.3 Å². The number of ether oxygens (including phenoxy) is 2. The second kappa shape index (κ2) is 4.97. The molecule has 10 heteroatoms. The van der Waals surface area contributed by atoms with Crippen molar-refractivity contribution in [1.82, 2.24) is 10.6 Å². The number of nitrogens with one attached hydrogen (secondary N) is 2. The third-order valence-corrected chi connectivity index (χ3v) is 4.02. The first-order valence-electron chi connectivity index (χ1n) is 6.07. The molecule has 2 aliphatic rings. The molecule has 0 bridgehead atoms. The van der Waals surface area contributed by atoms with Crippen LogP contribution in [0.15, 0.2) is 24.3 Å². The third kappa shape index (κ3) is 2.43. The molecule has 118 valence electrons. The van der Waals surface area contributed by atoms with Crippen molar-refractivity contribution >= 4 is 23.6 Å². The van der Waals surface area contributed by atoms with E-state index < -0.39 is 29.3 Å². The summed E-state index contributed by atoms with van der Waals surface area (Å²) in [6.45, 7) is 0. The van der Waals surface area contributed by atoms with Crippen LogP contribution in [0, 0.1) is 0 Å². The highest BCUT2D eigenvalue weighted by molar-refractivity contribution is 8.01. The lowest BCUT2D eigenvalue weighted by Crippen LogP contribution is -2.66. The maximum atomic E-state index is 13.3. The lowest BCUT2D eigenvalue weighted by molar-refractivity contribution is -0.319. The molecule has 0 aromatic heterocycles. The van der Waals surface area contributed by atoms with E-state index in [1.165, 1.54) is 24.3 Å². The Bertz CT molecular complexity index is 612. The van der Waals surface area contributed by atoms with Crippen molar-refractivity contribution in [3.8, 4) is 11.5 Å². The Labute approximate surface area is 126 Å². The van der Waals surface area contributed by atoms with E-state index in [2.05, 4.69) is 5.32 Å². The van der Waals surface area contributed by atoms with Crippen molar-refractivity contribution in [3.63, 3.8) is 0 Å². The molecule has 6 nitrogen and oxygen atoms in total. The standard InChI is InChI=1S/C12H9F3N2O4S/c13-11(14,15)12(17-9(19)10-16-8(18)5-22-10)20-6-3-1-2-4-7(6)21-12/h1-4,10H,5H2,(H,16,18)(H,17,19)/t10-/m0/s1. The fraction of sp³-hybridized carbons (Fsp3) is 0.333. The van der Waals surface area contributed by atoms with Gasteiger partial charge in [-0.1, -0.05) is 12.1 Å². The number of amides is 2. The van der Waals surface area contributed by atoms with Crippen LogP contribution in [0.25, 0.3) is 0 Å². The Morgan fingerprint density at radius 3 is 2.36 bits per heavy atom. The van der Waals surface area contributed by atoms with Crippen molar-refractivity contribution in [2.45, 2.75) is 17.5 Å². The molecule has 1 saturated heterocycles. The van der Waals surface area contributed by atoms with Gasteiger partial charge in [-0.2, -0.15) is 13.2 Å². The Kier molecular flexibility index (Phi) is 3.35. The summed E-state index contributed by atoms with van der Waals surface area (Å²) in [7, 11) is 0. The number of para-hydroxylation sites is 2. The predicted octanol–water partition coefficient (Wildman–Crippen LogP) is 0.979. The SMILES string of the molecule is O=C1CS[C@@H](C(=O)NC2(C(F)(F)F)Oc3ccccc3O2)N1. The maximum Gasteiger partial charge on any atom is 0.492 e. The van der Waals surface area contributed by atoms with Gasteiger partial charge in [0.2, 0.25) is 5.91 Å². The average Bonchev–Trinajstić information content (AvgIpc) is 3.01. The summed E-state index contributed by atoms with van der Waals surface area (Å²) in [5.74, 6) is -5.06. The van der Waals surface area contributed by atoms with Crippen molar-refractivity contribution in [3.05, 3.63) is 24.3 Å². The summed E-state index contributed by atoms with van der Waals surface area (Å²) in [6, 6.07) is 5.54. The van der Waals surface area contributed by atoms with E-state index in [0.717, 1.165) is 11.8 Å². The van der Waals surface area contributed by atoms with Crippen molar-refractivity contribution in [1.29, 1.82) is 0 Å². The number of thioether (sulfide) groups is 1. The molecule has 1 atom stereocenters. The van der Waals surface area contributed by atoms with Crippen LogP contribution >= 0.6 is 11.8 Å². The van der Waals surface area contributed by atoms with Gasteiger partial charge < -0.3 is 14.8 Å². The largest absolute Gasteiger partial charge is 0.492 e. The predicted molar refractivity (Wildman–Crippen MR) is 69.0 cm³/mol. The van der Waals surface area contributed by atoms with Gasteiger partial charge in [0.05, 0.1) is 5.75 Å². The minimum atomic E-state index is -5.02. The number of alkyl halides is 3. The average molecular weight is 334 g/mol.